The molecule has 1 aromatic carbocycles. The summed E-state index contributed by atoms with van der Waals surface area (Å²) in [7, 11) is 0. The maximum Gasteiger partial charge on any atom is 0.243 e. The molecule has 1 saturated heterocycles. The van der Waals surface area contributed by atoms with Gasteiger partial charge in [0.15, 0.2) is 0 Å². The zero-order valence-electron chi connectivity index (χ0n) is 12.1. The topological polar surface area (TPSA) is 83.1 Å². The average Bonchev–Trinajstić information content (AvgIpc) is 3.07. The molecule has 2 aromatic rings. The second-order valence-electron chi connectivity index (χ2n) is 5.34. The minimum Gasteiger partial charge on any atom is -0.347 e. The minimum atomic E-state index is -0.252. The van der Waals surface area contributed by atoms with Crippen molar-refractivity contribution in [2.45, 2.75) is 6.42 Å². The van der Waals surface area contributed by atoms with E-state index in [4.69, 9.17) is 0 Å². The van der Waals surface area contributed by atoms with Gasteiger partial charge in [0.1, 0.15) is 0 Å². The quantitative estimate of drug-likeness (QED) is 0.783. The summed E-state index contributed by atoms with van der Waals surface area (Å²) < 4.78 is 0. The van der Waals surface area contributed by atoms with Crippen molar-refractivity contribution in [2.24, 2.45) is 5.92 Å². The lowest BCUT2D eigenvalue weighted by molar-refractivity contribution is -0.126. The fourth-order valence-corrected chi connectivity index (χ4v) is 2.59. The van der Waals surface area contributed by atoms with Gasteiger partial charge in [-0.3, -0.25) is 14.6 Å². The van der Waals surface area contributed by atoms with Crippen LogP contribution < -0.4 is 16.0 Å². The first kappa shape index (κ1) is 14.5. The van der Waals surface area contributed by atoms with Crippen LogP contribution in [0.15, 0.2) is 36.5 Å². The van der Waals surface area contributed by atoms with Crippen molar-refractivity contribution in [2.75, 3.05) is 25.0 Å². The summed E-state index contributed by atoms with van der Waals surface area (Å²) in [6.07, 6.45) is 2.51. The van der Waals surface area contributed by atoms with Gasteiger partial charge in [0.2, 0.25) is 11.8 Å². The highest BCUT2D eigenvalue weighted by atomic mass is 16.2. The van der Waals surface area contributed by atoms with Gasteiger partial charge in [-0.1, -0.05) is 18.2 Å². The Balaban J connectivity index is 1.60. The molecule has 1 atom stereocenters. The van der Waals surface area contributed by atoms with Crippen LogP contribution in [-0.2, 0) is 9.59 Å². The van der Waals surface area contributed by atoms with Gasteiger partial charge in [-0.25, -0.2) is 0 Å². The molecular weight excluding hydrogens is 280 g/mol. The van der Waals surface area contributed by atoms with Gasteiger partial charge in [0.25, 0.3) is 0 Å². The van der Waals surface area contributed by atoms with Crippen molar-refractivity contribution in [1.82, 2.24) is 15.6 Å². The highest BCUT2D eigenvalue weighted by Crippen LogP contribution is 2.20. The van der Waals surface area contributed by atoms with Crippen LogP contribution in [0.5, 0.6) is 0 Å². The SMILES string of the molecule is O=C(CNC(=O)C1CCNC1)Nc1cccc2cccnc12. The number of carbonyl (C=O) groups excluding carboxylic acids is 2. The van der Waals surface area contributed by atoms with Crippen molar-refractivity contribution in [3.05, 3.63) is 36.5 Å². The average molecular weight is 298 g/mol. The molecule has 22 heavy (non-hydrogen) atoms. The Morgan fingerprint density at radius 2 is 2.14 bits per heavy atom. The summed E-state index contributed by atoms with van der Waals surface area (Å²) in [4.78, 5) is 28.2. The van der Waals surface area contributed by atoms with Crippen LogP contribution in [0.25, 0.3) is 10.9 Å². The number of nitrogens with one attached hydrogen (secondary N) is 3. The molecule has 6 nitrogen and oxygen atoms in total. The number of rotatable bonds is 4. The fraction of sp³-hybridized carbons (Fsp3) is 0.312. The minimum absolute atomic E-state index is 0.0292. The summed E-state index contributed by atoms with van der Waals surface area (Å²) in [5.74, 6) is -0.360. The molecule has 114 valence electrons. The molecule has 1 fully saturated rings. The monoisotopic (exact) mass is 298 g/mol. The van der Waals surface area contributed by atoms with E-state index in [1.807, 2.05) is 24.3 Å². The maximum absolute atomic E-state index is 12.0. The van der Waals surface area contributed by atoms with E-state index in [0.29, 0.717) is 12.2 Å². The van der Waals surface area contributed by atoms with E-state index in [2.05, 4.69) is 20.9 Å². The second-order valence-corrected chi connectivity index (χ2v) is 5.34. The zero-order valence-corrected chi connectivity index (χ0v) is 12.1. The third-order valence-corrected chi connectivity index (χ3v) is 3.76. The number of aromatic nitrogens is 1. The summed E-state index contributed by atoms with van der Waals surface area (Å²) in [5, 5.41) is 9.57. The van der Waals surface area contributed by atoms with Gasteiger partial charge in [0.05, 0.1) is 23.7 Å². The van der Waals surface area contributed by atoms with E-state index < -0.39 is 0 Å². The Kier molecular flexibility index (Phi) is 4.29. The summed E-state index contributed by atoms with van der Waals surface area (Å²) in [6.45, 7) is 1.51. The Hall–Kier alpha value is -2.47. The lowest BCUT2D eigenvalue weighted by Gasteiger charge is -2.11. The Morgan fingerprint density at radius 1 is 1.27 bits per heavy atom. The molecule has 1 aliphatic rings. The van der Waals surface area contributed by atoms with Crippen LogP contribution in [0.1, 0.15) is 6.42 Å². The number of pyridine rings is 1. The molecule has 0 saturated carbocycles. The Labute approximate surface area is 128 Å². The van der Waals surface area contributed by atoms with Gasteiger partial charge in [-0.2, -0.15) is 0 Å². The molecule has 2 amide bonds. The summed E-state index contributed by atoms with van der Waals surface area (Å²) >= 11 is 0. The zero-order chi connectivity index (χ0) is 15.4. The van der Waals surface area contributed by atoms with E-state index in [9.17, 15) is 9.59 Å². The Bertz CT molecular complexity index is 690. The van der Waals surface area contributed by atoms with E-state index in [1.54, 1.807) is 12.3 Å². The standard InChI is InChI=1S/C16H18N4O2/c21-14(10-19-16(22)12-6-8-17-9-12)20-13-5-1-3-11-4-2-7-18-15(11)13/h1-5,7,12,17H,6,8-10H2,(H,19,22)(H,20,21). The van der Waals surface area contributed by atoms with E-state index >= 15 is 0 Å². The lowest BCUT2D eigenvalue weighted by Crippen LogP contribution is -2.37. The Morgan fingerprint density at radius 3 is 2.95 bits per heavy atom. The summed E-state index contributed by atoms with van der Waals surface area (Å²) in [5.41, 5.74) is 1.39. The highest BCUT2D eigenvalue weighted by Gasteiger charge is 2.22. The third kappa shape index (κ3) is 3.23. The number of carbonyl (C=O) groups is 2. The van der Waals surface area contributed by atoms with Gasteiger partial charge >= 0.3 is 0 Å². The highest BCUT2D eigenvalue weighted by molar-refractivity contribution is 6.01. The van der Waals surface area contributed by atoms with Crippen molar-refractivity contribution < 1.29 is 9.59 Å². The predicted molar refractivity (Wildman–Crippen MR) is 84.4 cm³/mol. The fourth-order valence-electron chi connectivity index (χ4n) is 2.59. The first-order chi connectivity index (χ1) is 10.7. The van der Waals surface area contributed by atoms with Crippen LogP contribution in [-0.4, -0.2) is 36.4 Å². The second kappa shape index (κ2) is 6.53. The van der Waals surface area contributed by atoms with E-state index in [-0.39, 0.29) is 24.3 Å². The van der Waals surface area contributed by atoms with Gasteiger partial charge in [0, 0.05) is 18.1 Å². The lowest BCUT2D eigenvalue weighted by atomic mass is 10.1. The molecule has 0 radical (unpaired) electrons. The van der Waals surface area contributed by atoms with Crippen LogP contribution >= 0.6 is 0 Å². The maximum atomic E-state index is 12.0. The molecule has 1 aromatic heterocycles. The molecule has 0 bridgehead atoms. The number of nitrogens with zero attached hydrogens (tertiary/aromatic N) is 1. The molecule has 1 unspecified atom stereocenters. The van der Waals surface area contributed by atoms with Crippen LogP contribution in [0.3, 0.4) is 0 Å². The molecule has 0 spiro atoms. The van der Waals surface area contributed by atoms with Crippen LogP contribution in [0, 0.1) is 5.92 Å². The largest absolute Gasteiger partial charge is 0.347 e. The van der Waals surface area contributed by atoms with Crippen molar-refractivity contribution in [3.8, 4) is 0 Å². The first-order valence-electron chi connectivity index (χ1n) is 7.36. The number of anilines is 1. The van der Waals surface area contributed by atoms with Gasteiger partial charge in [-0.05, 0) is 25.1 Å². The molecule has 1 aliphatic heterocycles. The third-order valence-electron chi connectivity index (χ3n) is 3.76. The smallest absolute Gasteiger partial charge is 0.243 e. The van der Waals surface area contributed by atoms with Gasteiger partial charge < -0.3 is 16.0 Å². The number of hydrogen-bond donors (Lipinski definition) is 3. The van der Waals surface area contributed by atoms with Gasteiger partial charge in [-0.15, -0.1) is 0 Å². The molecule has 0 aliphatic carbocycles. The van der Waals surface area contributed by atoms with Crippen molar-refractivity contribution in [3.63, 3.8) is 0 Å². The molecule has 2 heterocycles. The number of fused-ring (bicyclic) bond motifs is 1. The molecule has 3 N–H and O–H groups in total. The molecular formula is C16H18N4O2. The van der Waals surface area contributed by atoms with E-state index in [1.165, 1.54) is 0 Å². The number of benzene rings is 1. The van der Waals surface area contributed by atoms with E-state index in [0.717, 1.165) is 23.9 Å². The molecule has 6 heteroatoms. The number of amides is 2. The molecule has 3 rings (SSSR count). The van der Waals surface area contributed by atoms with Crippen LogP contribution in [0.2, 0.25) is 0 Å². The number of hydrogen-bond acceptors (Lipinski definition) is 4. The summed E-state index contributed by atoms with van der Waals surface area (Å²) in [6, 6.07) is 9.39. The normalized spacial score (nSPS) is 17.4. The first-order valence-corrected chi connectivity index (χ1v) is 7.36. The van der Waals surface area contributed by atoms with Crippen LogP contribution in [0.4, 0.5) is 5.69 Å². The van der Waals surface area contributed by atoms with Crippen molar-refractivity contribution in [1.29, 1.82) is 0 Å². The predicted octanol–water partition coefficient (Wildman–Crippen LogP) is 0.899. The van der Waals surface area contributed by atoms with Crippen molar-refractivity contribution >= 4 is 28.4 Å². The number of para-hydroxylation sites is 1.